The third-order valence-electron chi connectivity index (χ3n) is 3.49. The number of benzene rings is 2. The minimum atomic E-state index is 0.415. The molecule has 0 spiro atoms. The summed E-state index contributed by atoms with van der Waals surface area (Å²) >= 11 is 0. The molecule has 1 fully saturated rings. The molecule has 0 amide bonds. The van der Waals surface area contributed by atoms with E-state index in [1.165, 1.54) is 16.3 Å². The Morgan fingerprint density at radius 3 is 2.56 bits per heavy atom. The highest BCUT2D eigenvalue weighted by atomic mass is 16.1. The van der Waals surface area contributed by atoms with Crippen LogP contribution in [0.25, 0.3) is 10.8 Å². The van der Waals surface area contributed by atoms with Gasteiger partial charge in [0.05, 0.1) is 0 Å². The van der Waals surface area contributed by atoms with Crippen molar-refractivity contribution in [2.24, 2.45) is 0 Å². The van der Waals surface area contributed by atoms with E-state index in [4.69, 9.17) is 0 Å². The van der Waals surface area contributed by atoms with E-state index in [2.05, 4.69) is 42.5 Å². The van der Waals surface area contributed by atoms with Crippen LogP contribution in [0.1, 0.15) is 30.7 Å². The zero-order valence-electron chi connectivity index (χ0n) is 9.15. The summed E-state index contributed by atoms with van der Waals surface area (Å²) < 4.78 is 0. The van der Waals surface area contributed by atoms with E-state index < -0.39 is 0 Å². The monoisotopic (exact) mass is 210 g/mol. The molecular weight excluding hydrogens is 196 g/mol. The van der Waals surface area contributed by atoms with Crippen molar-refractivity contribution in [2.75, 3.05) is 0 Å². The van der Waals surface area contributed by atoms with E-state index in [1.807, 2.05) is 0 Å². The Hall–Kier alpha value is -1.63. The number of carbonyl (C=O) groups is 1. The molecule has 0 radical (unpaired) electrons. The van der Waals surface area contributed by atoms with Crippen LogP contribution in [0.5, 0.6) is 0 Å². The molecule has 1 atom stereocenters. The van der Waals surface area contributed by atoms with E-state index in [0.29, 0.717) is 11.7 Å². The van der Waals surface area contributed by atoms with Crippen LogP contribution in [-0.2, 0) is 4.79 Å². The van der Waals surface area contributed by atoms with Gasteiger partial charge >= 0.3 is 0 Å². The van der Waals surface area contributed by atoms with Crippen molar-refractivity contribution in [1.29, 1.82) is 0 Å². The molecule has 2 aromatic carbocycles. The molecule has 1 heteroatoms. The third kappa shape index (κ3) is 1.63. The van der Waals surface area contributed by atoms with Gasteiger partial charge in [-0.05, 0) is 28.7 Å². The number of fused-ring (bicyclic) bond motifs is 1. The van der Waals surface area contributed by atoms with E-state index in [-0.39, 0.29) is 0 Å². The topological polar surface area (TPSA) is 17.1 Å². The summed E-state index contributed by atoms with van der Waals surface area (Å²) in [7, 11) is 0. The Morgan fingerprint density at radius 2 is 1.81 bits per heavy atom. The molecule has 80 valence electrons. The van der Waals surface area contributed by atoms with Crippen LogP contribution in [0.3, 0.4) is 0 Å². The molecule has 0 N–H and O–H groups in total. The van der Waals surface area contributed by atoms with Gasteiger partial charge < -0.3 is 0 Å². The molecule has 1 aliphatic carbocycles. The van der Waals surface area contributed by atoms with Gasteiger partial charge in [-0.15, -0.1) is 0 Å². The van der Waals surface area contributed by atoms with Crippen LogP contribution in [0.4, 0.5) is 0 Å². The number of carbonyl (C=O) groups excluding carboxylic acids is 1. The van der Waals surface area contributed by atoms with E-state index in [9.17, 15) is 4.79 Å². The van der Waals surface area contributed by atoms with Gasteiger partial charge in [-0.25, -0.2) is 0 Å². The first-order valence-corrected chi connectivity index (χ1v) is 5.83. The van der Waals surface area contributed by atoms with Crippen LogP contribution < -0.4 is 0 Å². The molecule has 1 aliphatic rings. The lowest BCUT2D eigenvalue weighted by molar-refractivity contribution is -0.117. The normalized spacial score (nSPS) is 20.5. The van der Waals surface area contributed by atoms with Crippen molar-refractivity contribution in [1.82, 2.24) is 0 Å². The third-order valence-corrected chi connectivity index (χ3v) is 3.49. The highest BCUT2D eigenvalue weighted by molar-refractivity contribution is 5.85. The average Bonchev–Trinajstić information content (AvgIpc) is 2.75. The summed E-state index contributed by atoms with van der Waals surface area (Å²) in [6.45, 7) is 0. The first-order valence-electron chi connectivity index (χ1n) is 5.83. The van der Waals surface area contributed by atoms with Crippen molar-refractivity contribution in [3.63, 3.8) is 0 Å². The van der Waals surface area contributed by atoms with Crippen LogP contribution in [0.15, 0.2) is 42.5 Å². The average molecular weight is 210 g/mol. The van der Waals surface area contributed by atoms with Gasteiger partial charge in [-0.2, -0.15) is 0 Å². The maximum atomic E-state index is 11.3. The second-order valence-electron chi connectivity index (χ2n) is 4.58. The predicted molar refractivity (Wildman–Crippen MR) is 65.5 cm³/mol. The summed E-state index contributed by atoms with van der Waals surface area (Å²) in [6, 6.07) is 14.9. The molecule has 3 rings (SSSR count). The fourth-order valence-electron chi connectivity index (χ4n) is 2.56. The minimum absolute atomic E-state index is 0.415. The second-order valence-corrected chi connectivity index (χ2v) is 4.58. The first-order chi connectivity index (χ1) is 7.83. The lowest BCUT2D eigenvalue weighted by Crippen LogP contribution is -1.93. The van der Waals surface area contributed by atoms with Crippen LogP contribution in [0.2, 0.25) is 0 Å². The molecule has 0 bridgehead atoms. The maximum absolute atomic E-state index is 11.3. The smallest absolute Gasteiger partial charge is 0.133 e. The Kier molecular flexibility index (Phi) is 2.24. The minimum Gasteiger partial charge on any atom is -0.300 e. The molecule has 16 heavy (non-hydrogen) atoms. The van der Waals surface area contributed by atoms with Gasteiger partial charge in [0, 0.05) is 12.8 Å². The van der Waals surface area contributed by atoms with Crippen molar-refractivity contribution >= 4 is 16.6 Å². The Labute approximate surface area is 95.1 Å². The number of Topliss-reactive ketones (excluding diaryl/α,β-unsaturated/α-hetero) is 1. The number of rotatable bonds is 1. The van der Waals surface area contributed by atoms with Crippen molar-refractivity contribution in [3.8, 4) is 0 Å². The summed E-state index contributed by atoms with van der Waals surface area (Å²) in [6.07, 6.45) is 2.52. The Balaban J connectivity index is 2.02. The Morgan fingerprint density at radius 1 is 1.00 bits per heavy atom. The molecule has 0 heterocycles. The van der Waals surface area contributed by atoms with Gasteiger partial charge in [0.15, 0.2) is 0 Å². The summed E-state index contributed by atoms with van der Waals surface area (Å²) in [4.78, 5) is 11.3. The summed E-state index contributed by atoms with van der Waals surface area (Å²) in [5, 5.41) is 2.55. The Bertz CT molecular complexity index is 542. The zero-order chi connectivity index (χ0) is 11.0. The maximum Gasteiger partial charge on any atom is 0.133 e. The zero-order valence-corrected chi connectivity index (χ0v) is 9.15. The SMILES string of the molecule is O=C1CCC(c2ccc3ccccc3c2)C1. The quantitative estimate of drug-likeness (QED) is 0.701. The fraction of sp³-hybridized carbons (Fsp3) is 0.267. The highest BCUT2D eigenvalue weighted by Gasteiger charge is 2.23. The molecule has 1 nitrogen and oxygen atoms in total. The van der Waals surface area contributed by atoms with Gasteiger partial charge in [0.25, 0.3) is 0 Å². The van der Waals surface area contributed by atoms with E-state index >= 15 is 0 Å². The van der Waals surface area contributed by atoms with Crippen LogP contribution in [0, 0.1) is 0 Å². The largest absolute Gasteiger partial charge is 0.300 e. The molecule has 1 saturated carbocycles. The number of hydrogen-bond acceptors (Lipinski definition) is 1. The molecule has 1 unspecified atom stereocenters. The molecule has 0 aromatic heterocycles. The van der Waals surface area contributed by atoms with Gasteiger partial charge in [0.1, 0.15) is 5.78 Å². The number of hydrogen-bond donors (Lipinski definition) is 0. The van der Waals surface area contributed by atoms with Gasteiger partial charge in [-0.3, -0.25) is 4.79 Å². The van der Waals surface area contributed by atoms with E-state index in [1.54, 1.807) is 0 Å². The summed E-state index contributed by atoms with van der Waals surface area (Å²) in [5.41, 5.74) is 1.32. The second kappa shape index (κ2) is 3.75. The predicted octanol–water partition coefficient (Wildman–Crippen LogP) is 3.68. The molecular formula is C15H14O. The fourth-order valence-corrected chi connectivity index (χ4v) is 2.56. The van der Waals surface area contributed by atoms with Crippen LogP contribution >= 0.6 is 0 Å². The first kappa shape index (κ1) is 9.59. The molecule has 2 aromatic rings. The lowest BCUT2D eigenvalue weighted by Gasteiger charge is -2.09. The van der Waals surface area contributed by atoms with Crippen LogP contribution in [-0.4, -0.2) is 5.78 Å². The molecule has 0 saturated heterocycles. The van der Waals surface area contributed by atoms with E-state index in [0.717, 1.165) is 19.3 Å². The van der Waals surface area contributed by atoms with Gasteiger partial charge in [0.2, 0.25) is 0 Å². The summed E-state index contributed by atoms with van der Waals surface area (Å²) in [5.74, 6) is 0.871. The van der Waals surface area contributed by atoms with Gasteiger partial charge in [-0.1, -0.05) is 42.5 Å². The molecule has 0 aliphatic heterocycles. The number of ketones is 1. The van der Waals surface area contributed by atoms with Crippen molar-refractivity contribution in [2.45, 2.75) is 25.2 Å². The van der Waals surface area contributed by atoms with Crippen molar-refractivity contribution < 1.29 is 4.79 Å². The highest BCUT2D eigenvalue weighted by Crippen LogP contribution is 2.33. The van der Waals surface area contributed by atoms with Crippen molar-refractivity contribution in [3.05, 3.63) is 48.0 Å². The standard InChI is InChI=1S/C15H14O/c16-15-8-7-14(10-15)13-6-5-11-3-1-2-4-12(11)9-13/h1-6,9,14H,7-8,10H2. The lowest BCUT2D eigenvalue weighted by atomic mass is 9.95.